The van der Waals surface area contributed by atoms with E-state index >= 15 is 0 Å². The lowest BCUT2D eigenvalue weighted by atomic mass is 9.74. The van der Waals surface area contributed by atoms with E-state index in [1.165, 1.54) is 6.42 Å². The Morgan fingerprint density at radius 3 is 2.39 bits per heavy atom. The quantitative estimate of drug-likeness (QED) is 0.759. The molecule has 2 amide bonds. The highest BCUT2D eigenvalue weighted by Gasteiger charge is 2.59. The highest BCUT2D eigenvalue weighted by Crippen LogP contribution is 2.47. The van der Waals surface area contributed by atoms with Gasteiger partial charge in [-0.05, 0) is 31.9 Å². The molecule has 2 atom stereocenters. The second-order valence-electron chi connectivity index (χ2n) is 9.86. The molecule has 0 N–H and O–H groups in total. The third-order valence-corrected chi connectivity index (χ3v) is 7.63. The lowest BCUT2D eigenvalue weighted by Gasteiger charge is -2.36. The Kier molecular flexibility index (Phi) is 4.87. The number of aromatic nitrogens is 2. The van der Waals surface area contributed by atoms with Crippen molar-refractivity contribution in [3.63, 3.8) is 0 Å². The van der Waals surface area contributed by atoms with Crippen molar-refractivity contribution in [3.8, 4) is 0 Å². The lowest BCUT2D eigenvalue weighted by Crippen LogP contribution is -2.46. The van der Waals surface area contributed by atoms with Crippen LogP contribution in [0.15, 0.2) is 34.9 Å². The summed E-state index contributed by atoms with van der Waals surface area (Å²) < 4.78 is 5.65. The minimum Gasteiger partial charge on any atom is -0.341 e. The van der Waals surface area contributed by atoms with Crippen LogP contribution in [-0.2, 0) is 10.2 Å². The molecule has 3 aliphatic rings. The van der Waals surface area contributed by atoms with Crippen molar-refractivity contribution >= 4 is 11.8 Å². The van der Waals surface area contributed by atoms with Gasteiger partial charge in [-0.1, -0.05) is 49.5 Å². The number of rotatable bonds is 3. The van der Waals surface area contributed by atoms with E-state index < -0.39 is 5.41 Å². The maximum absolute atomic E-state index is 13.5. The number of hydrogen-bond acceptors (Lipinski definition) is 5. The molecule has 31 heavy (non-hydrogen) atoms. The van der Waals surface area contributed by atoms with Crippen LogP contribution in [0.5, 0.6) is 0 Å². The number of likely N-dealkylation sites (tertiary alicyclic amines) is 2. The molecule has 1 aromatic heterocycles. The van der Waals surface area contributed by atoms with Gasteiger partial charge in [-0.25, -0.2) is 0 Å². The Morgan fingerprint density at radius 1 is 1.03 bits per heavy atom. The van der Waals surface area contributed by atoms with Crippen molar-refractivity contribution in [2.24, 2.45) is 11.3 Å². The molecule has 0 radical (unpaired) electrons. The zero-order chi connectivity index (χ0) is 21.6. The Bertz CT molecular complexity index is 982. The molecule has 0 unspecified atom stereocenters. The largest absolute Gasteiger partial charge is 0.341 e. The summed E-state index contributed by atoms with van der Waals surface area (Å²) in [6.45, 7) is 6.18. The van der Waals surface area contributed by atoms with Crippen LogP contribution in [0, 0.1) is 18.3 Å². The Hall–Kier alpha value is -2.70. The van der Waals surface area contributed by atoms with Gasteiger partial charge in [0.2, 0.25) is 11.8 Å². The minimum absolute atomic E-state index is 0.0164. The second-order valence-corrected chi connectivity index (χ2v) is 9.86. The van der Waals surface area contributed by atoms with Gasteiger partial charge in [0.05, 0.1) is 5.41 Å². The molecule has 1 aromatic carbocycles. The third-order valence-electron chi connectivity index (χ3n) is 7.63. The summed E-state index contributed by atoms with van der Waals surface area (Å²) >= 11 is 0. The lowest BCUT2D eigenvalue weighted by molar-refractivity contribution is -0.142. The predicted octanol–water partition coefficient (Wildman–Crippen LogP) is 3.20. The summed E-state index contributed by atoms with van der Waals surface area (Å²) in [5.74, 6) is 1.50. The molecule has 7 nitrogen and oxygen atoms in total. The van der Waals surface area contributed by atoms with Gasteiger partial charge in [0.1, 0.15) is 0 Å². The fourth-order valence-electron chi connectivity index (χ4n) is 5.87. The van der Waals surface area contributed by atoms with Gasteiger partial charge < -0.3 is 14.3 Å². The second kappa shape index (κ2) is 7.46. The number of carbonyl (C=O) groups excluding carboxylic acids is 2. The molecule has 5 rings (SSSR count). The first-order valence-corrected chi connectivity index (χ1v) is 11.4. The van der Waals surface area contributed by atoms with E-state index in [9.17, 15) is 9.59 Å². The standard InChI is InChI=1S/C24H30N4O3/c1-17-25-21(31-26-17)24-15-27(20(29)18-9-5-3-6-10-18)13-19(24)14-28(16-24)22(30)23(2)11-7-4-8-12-23/h3,5-6,9-10,19H,4,7-8,11-16H2,1-2H3/t19-,24-/m1/s1. The fourth-order valence-corrected chi connectivity index (χ4v) is 5.87. The summed E-state index contributed by atoms with van der Waals surface area (Å²) in [4.78, 5) is 35.2. The van der Waals surface area contributed by atoms with Crippen LogP contribution >= 0.6 is 0 Å². The van der Waals surface area contributed by atoms with Gasteiger partial charge in [0.15, 0.2) is 5.82 Å². The smallest absolute Gasteiger partial charge is 0.253 e. The number of aryl methyl sites for hydroxylation is 1. The van der Waals surface area contributed by atoms with Crippen molar-refractivity contribution in [2.75, 3.05) is 26.2 Å². The normalized spacial score (nSPS) is 27.4. The van der Waals surface area contributed by atoms with E-state index in [1.807, 2.05) is 40.1 Å². The third kappa shape index (κ3) is 3.34. The summed E-state index contributed by atoms with van der Waals surface area (Å²) in [6.07, 6.45) is 5.36. The van der Waals surface area contributed by atoms with E-state index in [-0.39, 0.29) is 23.1 Å². The van der Waals surface area contributed by atoms with Crippen LogP contribution < -0.4 is 0 Å². The van der Waals surface area contributed by atoms with Gasteiger partial charge in [-0.3, -0.25) is 9.59 Å². The van der Waals surface area contributed by atoms with Crippen molar-refractivity contribution in [1.29, 1.82) is 0 Å². The molecule has 2 aliphatic heterocycles. The van der Waals surface area contributed by atoms with E-state index in [0.717, 1.165) is 25.7 Å². The van der Waals surface area contributed by atoms with Crippen molar-refractivity contribution in [1.82, 2.24) is 19.9 Å². The SMILES string of the molecule is Cc1noc([C@@]23CN(C(=O)c4ccccc4)C[C@@H]2CN(C(=O)C2(C)CCCCC2)C3)n1. The molecule has 1 saturated carbocycles. The number of benzene rings is 1. The molecular weight excluding hydrogens is 392 g/mol. The number of hydrogen-bond donors (Lipinski definition) is 0. The van der Waals surface area contributed by atoms with Crippen LogP contribution in [0.1, 0.15) is 61.1 Å². The van der Waals surface area contributed by atoms with Crippen molar-refractivity contribution in [3.05, 3.63) is 47.6 Å². The predicted molar refractivity (Wildman–Crippen MR) is 114 cm³/mol. The minimum atomic E-state index is -0.494. The highest BCUT2D eigenvalue weighted by atomic mass is 16.5. The summed E-state index contributed by atoms with van der Waals surface area (Å²) in [6, 6.07) is 9.37. The van der Waals surface area contributed by atoms with Crippen LogP contribution in [0.3, 0.4) is 0 Å². The average molecular weight is 423 g/mol. The molecule has 3 fully saturated rings. The van der Waals surface area contributed by atoms with Crippen LogP contribution in [-0.4, -0.2) is 57.9 Å². The number of nitrogens with zero attached hydrogens (tertiary/aromatic N) is 4. The molecule has 164 valence electrons. The van der Waals surface area contributed by atoms with Gasteiger partial charge in [0.25, 0.3) is 5.91 Å². The fraction of sp³-hybridized carbons (Fsp3) is 0.583. The molecule has 2 saturated heterocycles. The average Bonchev–Trinajstić information content (AvgIpc) is 3.46. The van der Waals surface area contributed by atoms with Gasteiger partial charge >= 0.3 is 0 Å². The maximum atomic E-state index is 13.5. The first kappa shape index (κ1) is 20.2. The molecule has 2 aromatic rings. The zero-order valence-corrected chi connectivity index (χ0v) is 18.3. The Balaban J connectivity index is 1.42. The Labute approximate surface area is 182 Å². The van der Waals surface area contributed by atoms with Crippen LogP contribution in [0.25, 0.3) is 0 Å². The molecule has 1 aliphatic carbocycles. The van der Waals surface area contributed by atoms with E-state index in [4.69, 9.17) is 4.52 Å². The van der Waals surface area contributed by atoms with E-state index in [2.05, 4.69) is 17.1 Å². The summed E-state index contributed by atoms with van der Waals surface area (Å²) in [5.41, 5.74) is -0.0867. The maximum Gasteiger partial charge on any atom is 0.253 e. The summed E-state index contributed by atoms with van der Waals surface area (Å²) in [5, 5.41) is 4.02. The molecule has 3 heterocycles. The summed E-state index contributed by atoms with van der Waals surface area (Å²) in [7, 11) is 0. The van der Waals surface area contributed by atoms with Gasteiger partial charge in [-0.15, -0.1) is 0 Å². The van der Waals surface area contributed by atoms with Gasteiger partial charge in [-0.2, -0.15) is 4.98 Å². The van der Waals surface area contributed by atoms with Crippen LogP contribution in [0.2, 0.25) is 0 Å². The van der Waals surface area contributed by atoms with E-state index in [1.54, 1.807) is 6.92 Å². The monoisotopic (exact) mass is 422 g/mol. The van der Waals surface area contributed by atoms with Crippen molar-refractivity contribution < 1.29 is 14.1 Å². The highest BCUT2D eigenvalue weighted by molar-refractivity contribution is 5.94. The van der Waals surface area contributed by atoms with Crippen molar-refractivity contribution in [2.45, 2.75) is 51.4 Å². The number of amides is 2. The molecular formula is C24H30N4O3. The van der Waals surface area contributed by atoms with Gasteiger partial charge in [0, 0.05) is 43.1 Å². The molecule has 0 spiro atoms. The molecule has 0 bridgehead atoms. The topological polar surface area (TPSA) is 79.5 Å². The Morgan fingerprint density at radius 2 is 1.71 bits per heavy atom. The first-order chi connectivity index (χ1) is 14.9. The number of fused-ring (bicyclic) bond motifs is 1. The first-order valence-electron chi connectivity index (χ1n) is 11.4. The zero-order valence-electron chi connectivity index (χ0n) is 18.3. The van der Waals surface area contributed by atoms with E-state index in [0.29, 0.717) is 43.5 Å². The number of carbonyl (C=O) groups is 2. The molecule has 7 heteroatoms. The van der Waals surface area contributed by atoms with Crippen LogP contribution in [0.4, 0.5) is 0 Å².